The molecular weight excluding hydrogens is 232 g/mol. The van der Waals surface area contributed by atoms with Crippen LogP contribution in [0.5, 0.6) is 0 Å². The lowest BCUT2D eigenvalue weighted by atomic mass is 9.55. The molecule has 19 heavy (non-hydrogen) atoms. The first-order valence-electron chi connectivity index (χ1n) is 7.03. The minimum Gasteiger partial charge on any atom is -0.340 e. The van der Waals surface area contributed by atoms with Gasteiger partial charge in [-0.25, -0.2) is 0 Å². The first kappa shape index (κ1) is 12.5. The van der Waals surface area contributed by atoms with Gasteiger partial charge in [0.1, 0.15) is 5.84 Å². The first-order valence-corrected chi connectivity index (χ1v) is 7.03. The molecule has 0 atom stereocenters. The van der Waals surface area contributed by atoms with Crippen LogP contribution < -0.4 is 0 Å². The standard InChI is InChI=1S/C17H22N2/c1-4-19(3)15(18)17(11-16(12-17)8-9-16)14-7-5-6-13(2)10-14/h4-7,10,18H,1,8-9,11-12H2,2-3H3. The Morgan fingerprint density at radius 2 is 2.05 bits per heavy atom. The topological polar surface area (TPSA) is 27.1 Å². The molecule has 1 N–H and O–H groups in total. The lowest BCUT2D eigenvalue weighted by Crippen LogP contribution is -2.53. The average molecular weight is 254 g/mol. The van der Waals surface area contributed by atoms with Crippen LogP contribution in [0.15, 0.2) is 37.0 Å². The van der Waals surface area contributed by atoms with Crippen molar-refractivity contribution in [2.24, 2.45) is 5.41 Å². The van der Waals surface area contributed by atoms with Crippen LogP contribution in [0, 0.1) is 17.7 Å². The molecule has 0 bridgehead atoms. The fourth-order valence-corrected chi connectivity index (χ4v) is 3.64. The van der Waals surface area contributed by atoms with Crippen LogP contribution in [0.1, 0.15) is 36.8 Å². The van der Waals surface area contributed by atoms with Crippen LogP contribution in [0.2, 0.25) is 0 Å². The van der Waals surface area contributed by atoms with Crippen LogP contribution >= 0.6 is 0 Å². The van der Waals surface area contributed by atoms with Gasteiger partial charge in [0.2, 0.25) is 0 Å². The zero-order valence-electron chi connectivity index (χ0n) is 11.9. The van der Waals surface area contributed by atoms with Crippen molar-refractivity contribution in [3.05, 3.63) is 48.2 Å². The highest BCUT2D eigenvalue weighted by molar-refractivity contribution is 5.92. The Kier molecular flexibility index (Phi) is 2.60. The molecule has 0 radical (unpaired) electrons. The number of hydrogen-bond acceptors (Lipinski definition) is 1. The van der Waals surface area contributed by atoms with Gasteiger partial charge in [0.05, 0.1) is 5.41 Å². The number of hydrogen-bond donors (Lipinski definition) is 1. The van der Waals surface area contributed by atoms with Crippen molar-refractivity contribution in [2.45, 2.75) is 38.0 Å². The number of benzene rings is 1. The van der Waals surface area contributed by atoms with E-state index in [-0.39, 0.29) is 5.41 Å². The summed E-state index contributed by atoms with van der Waals surface area (Å²) in [5, 5.41) is 8.57. The molecule has 2 saturated carbocycles. The smallest absolute Gasteiger partial charge is 0.110 e. The highest BCUT2D eigenvalue weighted by Gasteiger charge is 2.63. The second kappa shape index (κ2) is 3.96. The second-order valence-corrected chi connectivity index (χ2v) is 6.45. The Bertz CT molecular complexity index is 532. The highest BCUT2D eigenvalue weighted by atomic mass is 15.1. The molecule has 1 spiro atoms. The predicted octanol–water partition coefficient (Wildman–Crippen LogP) is 3.86. The average Bonchev–Trinajstić information content (AvgIpc) is 3.15. The molecule has 0 heterocycles. The third-order valence-corrected chi connectivity index (χ3v) is 4.96. The quantitative estimate of drug-likeness (QED) is 0.643. The van der Waals surface area contributed by atoms with Crippen molar-refractivity contribution in [1.29, 1.82) is 5.41 Å². The Morgan fingerprint density at radius 1 is 1.37 bits per heavy atom. The van der Waals surface area contributed by atoms with Gasteiger partial charge < -0.3 is 4.90 Å². The summed E-state index contributed by atoms with van der Waals surface area (Å²) in [6.45, 7) is 5.93. The van der Waals surface area contributed by atoms with E-state index in [1.54, 1.807) is 6.20 Å². The van der Waals surface area contributed by atoms with E-state index in [2.05, 4.69) is 37.8 Å². The van der Waals surface area contributed by atoms with Gasteiger partial charge in [-0.2, -0.15) is 0 Å². The summed E-state index contributed by atoms with van der Waals surface area (Å²) in [6.07, 6.45) is 6.73. The van der Waals surface area contributed by atoms with Crippen molar-refractivity contribution < 1.29 is 0 Å². The Labute approximate surface area is 115 Å². The van der Waals surface area contributed by atoms with E-state index in [4.69, 9.17) is 5.41 Å². The number of likely N-dealkylation sites (N-methyl/N-ethyl adjacent to an activating group) is 1. The van der Waals surface area contributed by atoms with E-state index in [0.717, 1.165) is 12.8 Å². The molecule has 1 aromatic rings. The molecule has 0 unspecified atom stereocenters. The molecule has 2 aliphatic carbocycles. The summed E-state index contributed by atoms with van der Waals surface area (Å²) in [4.78, 5) is 1.87. The van der Waals surface area contributed by atoms with Gasteiger partial charge >= 0.3 is 0 Å². The van der Waals surface area contributed by atoms with Gasteiger partial charge in [-0.3, -0.25) is 5.41 Å². The van der Waals surface area contributed by atoms with Crippen LogP contribution in [-0.4, -0.2) is 17.8 Å². The van der Waals surface area contributed by atoms with Gasteiger partial charge in [-0.1, -0.05) is 36.4 Å². The molecule has 0 amide bonds. The summed E-state index contributed by atoms with van der Waals surface area (Å²) in [7, 11) is 1.94. The van der Waals surface area contributed by atoms with E-state index in [0.29, 0.717) is 11.3 Å². The summed E-state index contributed by atoms with van der Waals surface area (Å²) in [5.74, 6) is 0.700. The van der Waals surface area contributed by atoms with Crippen molar-refractivity contribution in [3.63, 3.8) is 0 Å². The van der Waals surface area contributed by atoms with Gasteiger partial charge in [0, 0.05) is 7.05 Å². The summed E-state index contributed by atoms with van der Waals surface area (Å²) >= 11 is 0. The zero-order valence-corrected chi connectivity index (χ0v) is 11.9. The molecule has 0 aromatic heterocycles. The number of nitrogens with one attached hydrogen (secondary N) is 1. The summed E-state index contributed by atoms with van der Waals surface area (Å²) in [5.41, 5.74) is 3.08. The first-order chi connectivity index (χ1) is 9.01. The molecule has 2 nitrogen and oxygen atoms in total. The van der Waals surface area contributed by atoms with E-state index in [1.165, 1.54) is 24.0 Å². The van der Waals surface area contributed by atoms with Crippen LogP contribution in [-0.2, 0) is 5.41 Å². The van der Waals surface area contributed by atoms with Crippen LogP contribution in [0.3, 0.4) is 0 Å². The molecule has 2 heteroatoms. The van der Waals surface area contributed by atoms with Gasteiger partial charge in [-0.05, 0) is 49.8 Å². The third-order valence-electron chi connectivity index (χ3n) is 4.96. The van der Waals surface area contributed by atoms with Crippen LogP contribution in [0.25, 0.3) is 0 Å². The van der Waals surface area contributed by atoms with Crippen LogP contribution in [0.4, 0.5) is 0 Å². The van der Waals surface area contributed by atoms with Crippen molar-refractivity contribution in [2.75, 3.05) is 7.05 Å². The molecule has 2 fully saturated rings. The fourth-order valence-electron chi connectivity index (χ4n) is 3.64. The maximum absolute atomic E-state index is 8.57. The summed E-state index contributed by atoms with van der Waals surface area (Å²) in [6, 6.07) is 8.68. The molecule has 1 aromatic carbocycles. The van der Waals surface area contributed by atoms with Crippen molar-refractivity contribution >= 4 is 5.84 Å². The zero-order chi connectivity index (χ0) is 13.7. The molecule has 0 aliphatic heterocycles. The predicted molar refractivity (Wildman–Crippen MR) is 79.4 cm³/mol. The summed E-state index contributed by atoms with van der Waals surface area (Å²) < 4.78 is 0. The molecule has 2 aliphatic rings. The van der Waals surface area contributed by atoms with Gasteiger partial charge in [-0.15, -0.1) is 0 Å². The van der Waals surface area contributed by atoms with E-state index in [1.807, 2.05) is 11.9 Å². The minimum absolute atomic E-state index is 0.0779. The SMILES string of the molecule is C=CN(C)C(=N)C1(c2cccc(C)c2)CC2(CC2)C1. The van der Waals surface area contributed by atoms with E-state index >= 15 is 0 Å². The lowest BCUT2D eigenvalue weighted by molar-refractivity contribution is 0.172. The van der Waals surface area contributed by atoms with Crippen molar-refractivity contribution in [3.8, 4) is 0 Å². The third kappa shape index (κ3) is 1.81. The number of amidine groups is 1. The number of rotatable bonds is 3. The van der Waals surface area contributed by atoms with Gasteiger partial charge in [0.25, 0.3) is 0 Å². The van der Waals surface area contributed by atoms with Crippen molar-refractivity contribution in [1.82, 2.24) is 4.90 Å². The normalized spacial score (nSPS) is 21.6. The van der Waals surface area contributed by atoms with Gasteiger partial charge in [0.15, 0.2) is 0 Å². The molecule has 100 valence electrons. The minimum atomic E-state index is -0.0779. The van der Waals surface area contributed by atoms with E-state index < -0.39 is 0 Å². The largest absolute Gasteiger partial charge is 0.340 e. The highest BCUT2D eigenvalue weighted by Crippen LogP contribution is 2.69. The Hall–Kier alpha value is -1.57. The second-order valence-electron chi connectivity index (χ2n) is 6.45. The maximum Gasteiger partial charge on any atom is 0.110 e. The fraction of sp³-hybridized carbons (Fsp3) is 0.471. The number of aryl methyl sites for hydroxylation is 1. The molecule has 3 rings (SSSR count). The number of nitrogens with zero attached hydrogens (tertiary/aromatic N) is 1. The maximum atomic E-state index is 8.57. The van der Waals surface area contributed by atoms with E-state index in [9.17, 15) is 0 Å². The molecular formula is C17H22N2. The lowest BCUT2D eigenvalue weighted by Gasteiger charge is -2.51. The Morgan fingerprint density at radius 3 is 2.58 bits per heavy atom. The monoisotopic (exact) mass is 254 g/mol. The Balaban J connectivity index is 1.98. The molecule has 0 saturated heterocycles.